The first-order valence-corrected chi connectivity index (χ1v) is 6.34. The van der Waals surface area contributed by atoms with Crippen LogP contribution in [0.25, 0.3) is 5.32 Å². The Hall–Kier alpha value is 0.557. The predicted molar refractivity (Wildman–Crippen MR) is 70.5 cm³/mol. The first-order chi connectivity index (χ1) is 6.71. The van der Waals surface area contributed by atoms with E-state index in [2.05, 4.69) is 46.9 Å². The van der Waals surface area contributed by atoms with Gasteiger partial charge in [-0.15, -0.1) is 13.1 Å². The molecule has 0 spiro atoms. The van der Waals surface area contributed by atoms with Crippen molar-refractivity contribution in [3.63, 3.8) is 0 Å². The Morgan fingerprint density at radius 2 is 1.00 bits per heavy atom. The van der Waals surface area contributed by atoms with Crippen LogP contribution in [-0.4, -0.2) is 13.1 Å². The summed E-state index contributed by atoms with van der Waals surface area (Å²) in [5, 5.41) is 4.58. The normalized spacial score (nSPS) is 12.4. The molecule has 92 valence electrons. The van der Waals surface area contributed by atoms with Crippen molar-refractivity contribution >= 4 is 0 Å². The van der Waals surface area contributed by atoms with Gasteiger partial charge in [-0.05, 0) is 10.8 Å². The Morgan fingerprint density at radius 3 is 1.25 bits per heavy atom. The van der Waals surface area contributed by atoms with Gasteiger partial charge in [-0.3, -0.25) is 0 Å². The summed E-state index contributed by atoms with van der Waals surface area (Å²) in [6.07, 6.45) is 5.07. The van der Waals surface area contributed by atoms with E-state index in [4.69, 9.17) is 0 Å². The minimum atomic E-state index is 0. The van der Waals surface area contributed by atoms with Crippen molar-refractivity contribution in [3.05, 3.63) is 5.32 Å². The Morgan fingerprint density at radius 1 is 0.688 bits per heavy atom. The second-order valence-electron chi connectivity index (χ2n) is 7.00. The third kappa shape index (κ3) is 17.0. The second kappa shape index (κ2) is 8.62. The largest absolute Gasteiger partial charge is 1.00 e. The van der Waals surface area contributed by atoms with Crippen LogP contribution in [0.4, 0.5) is 0 Å². The predicted octanol–water partition coefficient (Wildman–Crippen LogP) is 2.02. The molecule has 0 unspecified atom stereocenters. The quantitative estimate of drug-likeness (QED) is 0.479. The van der Waals surface area contributed by atoms with E-state index in [0.717, 1.165) is 13.1 Å². The van der Waals surface area contributed by atoms with Crippen molar-refractivity contribution in [3.8, 4) is 0 Å². The number of hydrogen-bond acceptors (Lipinski definition) is 0. The van der Waals surface area contributed by atoms with Crippen LogP contribution in [0.1, 0.15) is 67.2 Å². The summed E-state index contributed by atoms with van der Waals surface area (Å²) in [5.41, 5.74) is 0.946. The van der Waals surface area contributed by atoms with Crippen molar-refractivity contribution in [1.82, 2.24) is 0 Å². The van der Waals surface area contributed by atoms with E-state index in [-0.39, 0.29) is 18.9 Å². The van der Waals surface area contributed by atoms with Gasteiger partial charge in [0, 0.05) is 0 Å². The minimum Gasteiger partial charge on any atom is -0.662 e. The molecule has 0 bridgehead atoms. The third-order valence-electron chi connectivity index (χ3n) is 2.49. The van der Waals surface area contributed by atoms with E-state index in [9.17, 15) is 0 Å². The van der Waals surface area contributed by atoms with Crippen LogP contribution in [0.15, 0.2) is 0 Å². The van der Waals surface area contributed by atoms with Gasteiger partial charge >= 0.3 is 18.9 Å². The molecule has 0 aromatic carbocycles. The standard InChI is InChI=1S/C14H30N.Li/c1-13(2,3)9-7-11-15-12-8-10-14(4,5)6;/h7-12H2,1-6H3;/q-1;+1. The van der Waals surface area contributed by atoms with E-state index >= 15 is 0 Å². The average Bonchev–Trinajstić information content (AvgIpc) is 1.98. The molecule has 0 saturated carbocycles. The maximum Gasteiger partial charge on any atom is 1.00 e. The average molecular weight is 219 g/mol. The van der Waals surface area contributed by atoms with Crippen LogP contribution in [0.5, 0.6) is 0 Å². The zero-order chi connectivity index (χ0) is 11.9. The summed E-state index contributed by atoms with van der Waals surface area (Å²) in [7, 11) is 0. The van der Waals surface area contributed by atoms with Crippen molar-refractivity contribution in [2.24, 2.45) is 10.8 Å². The van der Waals surface area contributed by atoms with Crippen LogP contribution in [0.3, 0.4) is 0 Å². The fraction of sp³-hybridized carbons (Fsp3) is 1.00. The van der Waals surface area contributed by atoms with Gasteiger partial charge in [0.25, 0.3) is 0 Å². The Kier molecular flexibility index (Phi) is 10.2. The molecule has 0 aliphatic heterocycles. The summed E-state index contributed by atoms with van der Waals surface area (Å²) >= 11 is 0. The molecule has 16 heavy (non-hydrogen) atoms. The first kappa shape index (κ1) is 18.9. The monoisotopic (exact) mass is 219 g/mol. The second-order valence-corrected chi connectivity index (χ2v) is 7.00. The maximum atomic E-state index is 4.58. The van der Waals surface area contributed by atoms with Gasteiger partial charge in [-0.2, -0.15) is 0 Å². The first-order valence-electron chi connectivity index (χ1n) is 6.34. The van der Waals surface area contributed by atoms with Gasteiger partial charge in [0.2, 0.25) is 0 Å². The molecular formula is C14H30LiN. The number of rotatable bonds is 6. The van der Waals surface area contributed by atoms with Gasteiger partial charge in [0.15, 0.2) is 0 Å². The number of hydrogen-bond donors (Lipinski definition) is 0. The molecule has 0 amide bonds. The van der Waals surface area contributed by atoms with Crippen LogP contribution in [0.2, 0.25) is 0 Å². The van der Waals surface area contributed by atoms with Gasteiger partial charge in [0.1, 0.15) is 0 Å². The van der Waals surface area contributed by atoms with E-state index in [0.29, 0.717) is 10.8 Å². The molecule has 2 heteroatoms. The minimum absolute atomic E-state index is 0. The molecule has 0 aromatic rings. The molecule has 0 radical (unpaired) electrons. The van der Waals surface area contributed by atoms with Crippen molar-refractivity contribution in [2.75, 3.05) is 13.1 Å². The SMILES string of the molecule is CC(C)(C)CCC[N-]CCCC(C)(C)C.[Li+]. The van der Waals surface area contributed by atoms with E-state index in [1.807, 2.05) is 0 Å². The van der Waals surface area contributed by atoms with Crippen molar-refractivity contribution < 1.29 is 18.9 Å². The van der Waals surface area contributed by atoms with E-state index in [1.165, 1.54) is 25.7 Å². The molecule has 0 N–H and O–H groups in total. The molecule has 0 aromatic heterocycles. The summed E-state index contributed by atoms with van der Waals surface area (Å²) in [6.45, 7) is 15.9. The molecule has 0 heterocycles. The molecule has 0 saturated heterocycles. The summed E-state index contributed by atoms with van der Waals surface area (Å²) in [4.78, 5) is 0. The van der Waals surface area contributed by atoms with Crippen molar-refractivity contribution in [1.29, 1.82) is 0 Å². The van der Waals surface area contributed by atoms with E-state index in [1.54, 1.807) is 0 Å². The summed E-state index contributed by atoms with van der Waals surface area (Å²) in [5.74, 6) is 0. The van der Waals surface area contributed by atoms with Crippen molar-refractivity contribution in [2.45, 2.75) is 67.2 Å². The zero-order valence-corrected chi connectivity index (χ0v) is 12.7. The molecule has 0 fully saturated rings. The smallest absolute Gasteiger partial charge is 0.662 e. The molecular weight excluding hydrogens is 189 g/mol. The third-order valence-corrected chi connectivity index (χ3v) is 2.49. The van der Waals surface area contributed by atoms with Crippen LogP contribution in [-0.2, 0) is 0 Å². The Labute approximate surface area is 115 Å². The van der Waals surface area contributed by atoms with Crippen LogP contribution >= 0.6 is 0 Å². The van der Waals surface area contributed by atoms with Crippen LogP contribution in [0, 0.1) is 10.8 Å². The summed E-state index contributed by atoms with van der Waals surface area (Å²) in [6, 6.07) is 0. The topological polar surface area (TPSA) is 14.1 Å². The van der Waals surface area contributed by atoms with Gasteiger partial charge < -0.3 is 5.32 Å². The van der Waals surface area contributed by atoms with Gasteiger partial charge in [-0.1, -0.05) is 67.2 Å². The number of nitrogens with zero attached hydrogens (tertiary/aromatic N) is 1. The molecule has 0 atom stereocenters. The van der Waals surface area contributed by atoms with Gasteiger partial charge in [0.05, 0.1) is 0 Å². The Bertz CT molecular complexity index is 135. The van der Waals surface area contributed by atoms with E-state index < -0.39 is 0 Å². The summed E-state index contributed by atoms with van der Waals surface area (Å²) < 4.78 is 0. The molecule has 0 aliphatic carbocycles. The molecule has 0 rings (SSSR count). The molecule has 1 nitrogen and oxygen atoms in total. The maximum absolute atomic E-state index is 4.58. The molecule has 0 aliphatic rings. The van der Waals surface area contributed by atoms with Gasteiger partial charge in [-0.25, -0.2) is 0 Å². The zero-order valence-electron chi connectivity index (χ0n) is 12.7. The fourth-order valence-corrected chi connectivity index (χ4v) is 1.55. The Balaban J connectivity index is 0. The fourth-order valence-electron chi connectivity index (χ4n) is 1.55. The van der Waals surface area contributed by atoms with Crippen LogP contribution < -0.4 is 18.9 Å².